The van der Waals surface area contributed by atoms with E-state index in [1.54, 1.807) is 24.4 Å². The third-order valence-electron chi connectivity index (χ3n) is 3.49. The van der Waals surface area contributed by atoms with Crippen LogP contribution in [0.2, 0.25) is 10.0 Å². The number of rotatable bonds is 4. The smallest absolute Gasteiger partial charge is 0.318 e. The van der Waals surface area contributed by atoms with Gasteiger partial charge in [-0.3, -0.25) is 4.99 Å². The second-order valence-corrected chi connectivity index (χ2v) is 5.76. The maximum Gasteiger partial charge on any atom is 0.318 e. The molecule has 1 unspecified atom stereocenters. The first-order chi connectivity index (χ1) is 10.6. The van der Waals surface area contributed by atoms with Crippen molar-refractivity contribution in [1.29, 1.82) is 0 Å². The number of benzene rings is 1. The summed E-state index contributed by atoms with van der Waals surface area (Å²) < 4.78 is 5.72. The topological polar surface area (TPSA) is 54.5 Å². The van der Waals surface area contributed by atoms with Crippen LogP contribution in [0.25, 0.3) is 0 Å². The summed E-state index contributed by atoms with van der Waals surface area (Å²) >= 11 is 12.3. The fourth-order valence-corrected chi connectivity index (χ4v) is 2.73. The number of nitrogens with zero attached hydrogens (tertiary/aromatic N) is 4. The lowest BCUT2D eigenvalue weighted by molar-refractivity contribution is 0.492. The van der Waals surface area contributed by atoms with E-state index in [-0.39, 0.29) is 6.04 Å². The van der Waals surface area contributed by atoms with Crippen LogP contribution in [-0.2, 0) is 6.42 Å². The highest BCUT2D eigenvalue weighted by Gasteiger charge is 2.19. The zero-order valence-electron chi connectivity index (χ0n) is 11.9. The Balaban J connectivity index is 1.76. The molecule has 0 radical (unpaired) electrons. The van der Waals surface area contributed by atoms with Crippen LogP contribution in [0.4, 0.5) is 6.01 Å². The van der Waals surface area contributed by atoms with Crippen molar-refractivity contribution in [2.24, 2.45) is 4.99 Å². The minimum atomic E-state index is 0.162. The van der Waals surface area contributed by atoms with Gasteiger partial charge in [0.15, 0.2) is 0 Å². The molecule has 1 aromatic heterocycles. The average molecular weight is 337 g/mol. The maximum absolute atomic E-state index is 6.16. The van der Waals surface area contributed by atoms with E-state index in [1.807, 2.05) is 24.2 Å². The molecule has 0 fully saturated rings. The maximum atomic E-state index is 6.16. The van der Waals surface area contributed by atoms with E-state index >= 15 is 0 Å². The van der Waals surface area contributed by atoms with E-state index in [0.717, 1.165) is 12.0 Å². The highest BCUT2D eigenvalue weighted by Crippen LogP contribution is 2.27. The Bertz CT molecular complexity index is 706. The van der Waals surface area contributed by atoms with Crippen molar-refractivity contribution in [2.75, 3.05) is 11.9 Å². The largest absolute Gasteiger partial charge is 0.408 e. The van der Waals surface area contributed by atoms with Gasteiger partial charge in [-0.05, 0) is 23.8 Å². The molecule has 7 heteroatoms. The number of aromatic nitrogens is 2. The average Bonchev–Trinajstić information content (AvgIpc) is 3.00. The third kappa shape index (κ3) is 3.15. The standard InChI is InChI=1S/C15H14Cl2N4O/c1-21(10-5-7-18-8-6-10)15-20-19-14(22-15)9-11-12(16)3-2-4-13(11)17/h2-5,7-8,10H,6,9H2,1H3. The molecular formula is C15H14Cl2N4O. The van der Waals surface area contributed by atoms with Crippen LogP contribution >= 0.6 is 23.2 Å². The summed E-state index contributed by atoms with van der Waals surface area (Å²) in [5.74, 6) is 0.477. The minimum absolute atomic E-state index is 0.162. The third-order valence-corrected chi connectivity index (χ3v) is 4.20. The Labute approximate surface area is 138 Å². The summed E-state index contributed by atoms with van der Waals surface area (Å²) in [5.41, 5.74) is 0.786. The van der Waals surface area contributed by atoms with Gasteiger partial charge < -0.3 is 9.32 Å². The number of likely N-dealkylation sites (N-methyl/N-ethyl adjacent to an activating group) is 1. The Kier molecular flexibility index (Phi) is 4.45. The number of anilines is 1. The van der Waals surface area contributed by atoms with Gasteiger partial charge in [0, 0.05) is 35.9 Å². The van der Waals surface area contributed by atoms with Gasteiger partial charge in [0.1, 0.15) is 0 Å². The zero-order chi connectivity index (χ0) is 15.5. The molecule has 22 heavy (non-hydrogen) atoms. The summed E-state index contributed by atoms with van der Waals surface area (Å²) in [4.78, 5) is 5.98. The number of aliphatic imine (C=N–C) groups is 1. The second-order valence-electron chi connectivity index (χ2n) is 4.94. The molecule has 0 aliphatic carbocycles. The Morgan fingerprint density at radius 3 is 2.73 bits per heavy atom. The molecule has 0 bridgehead atoms. The Morgan fingerprint density at radius 2 is 2.05 bits per heavy atom. The molecule has 0 N–H and O–H groups in total. The van der Waals surface area contributed by atoms with Gasteiger partial charge in [-0.25, -0.2) is 0 Å². The van der Waals surface area contributed by atoms with Crippen LogP contribution in [0, 0.1) is 0 Å². The molecule has 1 atom stereocenters. The zero-order valence-corrected chi connectivity index (χ0v) is 13.4. The van der Waals surface area contributed by atoms with Gasteiger partial charge in [-0.15, -0.1) is 5.10 Å². The fraction of sp³-hybridized carbons (Fsp3) is 0.267. The molecule has 0 amide bonds. The summed E-state index contributed by atoms with van der Waals surface area (Å²) in [6, 6.07) is 6.01. The minimum Gasteiger partial charge on any atom is -0.408 e. The predicted octanol–water partition coefficient (Wildman–Crippen LogP) is 3.76. The number of hydrogen-bond donors (Lipinski definition) is 0. The van der Waals surface area contributed by atoms with Gasteiger partial charge >= 0.3 is 6.01 Å². The summed E-state index contributed by atoms with van der Waals surface area (Å²) in [7, 11) is 1.91. The fourth-order valence-electron chi connectivity index (χ4n) is 2.20. The molecular weight excluding hydrogens is 323 g/mol. The van der Waals surface area contributed by atoms with E-state index < -0.39 is 0 Å². The van der Waals surface area contributed by atoms with Crippen molar-refractivity contribution < 1.29 is 4.42 Å². The molecule has 0 spiro atoms. The van der Waals surface area contributed by atoms with E-state index in [1.165, 1.54) is 0 Å². The van der Waals surface area contributed by atoms with Gasteiger partial charge in [-0.2, -0.15) is 0 Å². The van der Waals surface area contributed by atoms with Gasteiger partial charge in [-0.1, -0.05) is 34.4 Å². The second kappa shape index (κ2) is 6.50. The lowest BCUT2D eigenvalue weighted by Gasteiger charge is -2.23. The van der Waals surface area contributed by atoms with Crippen LogP contribution in [0.15, 0.2) is 39.9 Å². The summed E-state index contributed by atoms with van der Waals surface area (Å²) in [6.07, 6.45) is 6.84. The van der Waals surface area contributed by atoms with Gasteiger partial charge in [0.2, 0.25) is 5.89 Å². The van der Waals surface area contributed by atoms with E-state index in [4.69, 9.17) is 27.6 Å². The van der Waals surface area contributed by atoms with Crippen molar-refractivity contribution in [2.45, 2.75) is 18.9 Å². The van der Waals surface area contributed by atoms with Crippen molar-refractivity contribution in [3.8, 4) is 0 Å². The first-order valence-electron chi connectivity index (χ1n) is 6.81. The van der Waals surface area contributed by atoms with Crippen LogP contribution in [0.3, 0.4) is 0 Å². The van der Waals surface area contributed by atoms with Gasteiger partial charge in [0.05, 0.1) is 12.5 Å². The quantitative estimate of drug-likeness (QED) is 0.852. The van der Waals surface area contributed by atoms with Crippen LogP contribution in [0.5, 0.6) is 0 Å². The number of hydrogen-bond acceptors (Lipinski definition) is 5. The monoisotopic (exact) mass is 336 g/mol. The molecule has 2 heterocycles. The SMILES string of the molecule is CN(c1nnc(Cc2c(Cl)cccc2Cl)o1)C1C=CN=CC1. The van der Waals surface area contributed by atoms with E-state index in [2.05, 4.69) is 15.2 Å². The first-order valence-corrected chi connectivity index (χ1v) is 7.57. The summed E-state index contributed by atoms with van der Waals surface area (Å²) in [5, 5.41) is 9.35. The molecule has 3 rings (SSSR count). The Hall–Kier alpha value is -1.85. The molecule has 0 saturated carbocycles. The molecule has 2 aromatic rings. The summed E-state index contributed by atoms with van der Waals surface area (Å²) in [6.45, 7) is 0. The lowest BCUT2D eigenvalue weighted by atomic mass is 10.1. The molecule has 5 nitrogen and oxygen atoms in total. The number of halogens is 2. The molecule has 1 aliphatic rings. The van der Waals surface area contributed by atoms with Gasteiger partial charge in [0.25, 0.3) is 0 Å². The van der Waals surface area contributed by atoms with Crippen molar-refractivity contribution in [1.82, 2.24) is 10.2 Å². The normalized spacial score (nSPS) is 17.0. The highest BCUT2D eigenvalue weighted by atomic mass is 35.5. The lowest BCUT2D eigenvalue weighted by Crippen LogP contribution is -2.31. The predicted molar refractivity (Wildman–Crippen MR) is 88.0 cm³/mol. The van der Waals surface area contributed by atoms with Crippen molar-refractivity contribution in [3.05, 3.63) is 52.0 Å². The van der Waals surface area contributed by atoms with Crippen LogP contribution in [0.1, 0.15) is 17.9 Å². The van der Waals surface area contributed by atoms with Crippen molar-refractivity contribution in [3.63, 3.8) is 0 Å². The highest BCUT2D eigenvalue weighted by molar-refractivity contribution is 6.36. The molecule has 1 aliphatic heterocycles. The van der Waals surface area contributed by atoms with Crippen LogP contribution < -0.4 is 4.90 Å². The Morgan fingerprint density at radius 1 is 1.27 bits per heavy atom. The molecule has 114 valence electrons. The van der Waals surface area contributed by atoms with Crippen molar-refractivity contribution >= 4 is 35.4 Å². The molecule has 0 saturated heterocycles. The van der Waals surface area contributed by atoms with E-state index in [0.29, 0.717) is 28.4 Å². The van der Waals surface area contributed by atoms with Crippen LogP contribution in [-0.4, -0.2) is 29.5 Å². The first kappa shape index (κ1) is 15.1. The molecule has 1 aromatic carbocycles. The van der Waals surface area contributed by atoms with E-state index in [9.17, 15) is 0 Å².